The number of fused-ring (bicyclic) bond motifs is 1. The predicted octanol–water partition coefficient (Wildman–Crippen LogP) is 1.44. The zero-order valence-corrected chi connectivity index (χ0v) is 9.67. The summed E-state index contributed by atoms with van der Waals surface area (Å²) in [5.74, 6) is -0.379. The van der Waals surface area contributed by atoms with Gasteiger partial charge in [-0.2, -0.15) is 10.5 Å². The molecule has 0 aromatic heterocycles. The average Bonchev–Trinajstić information content (AvgIpc) is 2.67. The number of nitrogens with zero attached hydrogens (tertiary/aromatic N) is 3. The zero-order chi connectivity index (χ0) is 13.1. The highest BCUT2D eigenvalue weighted by atomic mass is 16.5. The molecule has 0 saturated heterocycles. The van der Waals surface area contributed by atoms with Gasteiger partial charge < -0.3 is 4.74 Å². The molecular formula is C13H9N3O2. The SMILES string of the molecule is COCN1C(=O)C(=C(C#N)C#N)c2ccccc21. The minimum absolute atomic E-state index is 0.0868. The number of amides is 1. The number of rotatable bonds is 2. The second kappa shape index (κ2) is 4.70. The summed E-state index contributed by atoms with van der Waals surface area (Å²) in [6.07, 6.45) is 0. The molecule has 0 bridgehead atoms. The summed E-state index contributed by atoms with van der Waals surface area (Å²) in [6, 6.07) is 10.5. The van der Waals surface area contributed by atoms with Crippen LogP contribution in [0, 0.1) is 22.7 Å². The Morgan fingerprint density at radius 3 is 2.61 bits per heavy atom. The Morgan fingerprint density at radius 2 is 2.00 bits per heavy atom. The van der Waals surface area contributed by atoms with Gasteiger partial charge in [0.25, 0.3) is 5.91 Å². The Balaban J connectivity index is 2.68. The molecule has 0 saturated carbocycles. The first-order valence-electron chi connectivity index (χ1n) is 5.19. The number of hydrogen-bond donors (Lipinski definition) is 0. The minimum atomic E-state index is -0.379. The summed E-state index contributed by atoms with van der Waals surface area (Å²) in [5.41, 5.74) is 1.22. The van der Waals surface area contributed by atoms with Crippen LogP contribution < -0.4 is 4.90 Å². The second-order valence-corrected chi connectivity index (χ2v) is 3.64. The Morgan fingerprint density at radius 1 is 1.33 bits per heavy atom. The molecule has 1 amide bonds. The first-order chi connectivity index (χ1) is 8.74. The van der Waals surface area contributed by atoms with Crippen LogP contribution in [0.1, 0.15) is 5.56 Å². The van der Waals surface area contributed by atoms with Gasteiger partial charge in [0.1, 0.15) is 24.4 Å². The van der Waals surface area contributed by atoms with E-state index in [2.05, 4.69) is 0 Å². The van der Waals surface area contributed by atoms with Crippen LogP contribution in [0.2, 0.25) is 0 Å². The quantitative estimate of drug-likeness (QED) is 0.578. The molecule has 0 fully saturated rings. The summed E-state index contributed by atoms with van der Waals surface area (Å²) in [7, 11) is 1.48. The van der Waals surface area contributed by atoms with Crippen molar-refractivity contribution < 1.29 is 9.53 Å². The summed E-state index contributed by atoms with van der Waals surface area (Å²) in [4.78, 5) is 13.6. The first kappa shape index (κ1) is 11.8. The molecule has 1 aliphatic heterocycles. The summed E-state index contributed by atoms with van der Waals surface area (Å²) >= 11 is 0. The second-order valence-electron chi connectivity index (χ2n) is 3.64. The van der Waals surface area contributed by atoms with Crippen LogP contribution in [0.3, 0.4) is 0 Å². The molecule has 18 heavy (non-hydrogen) atoms. The number of para-hydroxylation sites is 1. The number of carbonyl (C=O) groups is 1. The lowest BCUT2D eigenvalue weighted by Crippen LogP contribution is -2.28. The van der Waals surface area contributed by atoms with Crippen LogP contribution in [0.4, 0.5) is 5.69 Å². The van der Waals surface area contributed by atoms with E-state index in [-0.39, 0.29) is 23.8 Å². The normalized spacial score (nSPS) is 12.9. The van der Waals surface area contributed by atoms with Crippen molar-refractivity contribution in [2.75, 3.05) is 18.7 Å². The maximum absolute atomic E-state index is 12.2. The molecule has 88 valence electrons. The lowest BCUT2D eigenvalue weighted by atomic mass is 10.0. The molecule has 0 spiro atoms. The smallest absolute Gasteiger partial charge is 0.262 e. The minimum Gasteiger partial charge on any atom is -0.364 e. The van der Waals surface area contributed by atoms with Crippen molar-refractivity contribution in [1.29, 1.82) is 10.5 Å². The van der Waals surface area contributed by atoms with Gasteiger partial charge in [0, 0.05) is 12.7 Å². The molecule has 0 radical (unpaired) electrons. The highest BCUT2D eigenvalue weighted by Crippen LogP contribution is 2.37. The third-order valence-electron chi connectivity index (χ3n) is 2.66. The summed E-state index contributed by atoms with van der Waals surface area (Å²) in [5, 5.41) is 17.8. The van der Waals surface area contributed by atoms with E-state index in [1.165, 1.54) is 12.0 Å². The van der Waals surface area contributed by atoms with Gasteiger partial charge in [0.15, 0.2) is 0 Å². The van der Waals surface area contributed by atoms with Gasteiger partial charge >= 0.3 is 0 Å². The van der Waals surface area contributed by atoms with Crippen LogP contribution in [-0.4, -0.2) is 19.7 Å². The van der Waals surface area contributed by atoms with Gasteiger partial charge in [-0.25, -0.2) is 0 Å². The standard InChI is InChI=1S/C13H9N3O2/c1-18-8-16-11-5-3-2-4-10(11)12(13(16)17)9(6-14)7-15/h2-5H,8H2,1H3. The van der Waals surface area contributed by atoms with Crippen molar-refractivity contribution in [3.63, 3.8) is 0 Å². The van der Waals surface area contributed by atoms with E-state index < -0.39 is 0 Å². The molecule has 0 N–H and O–H groups in total. The number of anilines is 1. The maximum Gasteiger partial charge on any atom is 0.262 e. The third-order valence-corrected chi connectivity index (χ3v) is 2.66. The predicted molar refractivity (Wildman–Crippen MR) is 64.0 cm³/mol. The number of methoxy groups -OCH3 is 1. The number of benzene rings is 1. The molecule has 1 aromatic rings. The summed E-state index contributed by atoms with van der Waals surface area (Å²) in [6.45, 7) is 0.0868. The van der Waals surface area contributed by atoms with E-state index in [1.54, 1.807) is 36.4 Å². The molecular weight excluding hydrogens is 230 g/mol. The molecule has 1 aromatic carbocycles. The Bertz CT molecular complexity index is 604. The van der Waals surface area contributed by atoms with Crippen LogP contribution >= 0.6 is 0 Å². The lowest BCUT2D eigenvalue weighted by Gasteiger charge is -2.14. The molecule has 0 unspecified atom stereocenters. The molecule has 0 atom stereocenters. The van der Waals surface area contributed by atoms with Crippen molar-refractivity contribution in [1.82, 2.24) is 0 Å². The third kappa shape index (κ3) is 1.64. The molecule has 1 aliphatic rings. The number of nitriles is 2. The highest BCUT2D eigenvalue weighted by molar-refractivity contribution is 6.34. The van der Waals surface area contributed by atoms with Crippen molar-refractivity contribution in [2.24, 2.45) is 0 Å². The first-order valence-corrected chi connectivity index (χ1v) is 5.19. The summed E-state index contributed by atoms with van der Waals surface area (Å²) < 4.78 is 4.97. The monoisotopic (exact) mass is 239 g/mol. The van der Waals surface area contributed by atoms with Gasteiger partial charge in [-0.05, 0) is 6.07 Å². The van der Waals surface area contributed by atoms with E-state index in [0.717, 1.165) is 0 Å². The molecule has 5 heteroatoms. The fraction of sp³-hybridized carbons (Fsp3) is 0.154. The van der Waals surface area contributed by atoms with Crippen molar-refractivity contribution in [3.05, 3.63) is 35.4 Å². The molecule has 1 heterocycles. The van der Waals surface area contributed by atoms with Gasteiger partial charge in [-0.15, -0.1) is 0 Å². The fourth-order valence-corrected chi connectivity index (χ4v) is 1.92. The number of carbonyl (C=O) groups excluding carboxylic acids is 1. The topological polar surface area (TPSA) is 77.1 Å². The van der Waals surface area contributed by atoms with E-state index in [4.69, 9.17) is 15.3 Å². The van der Waals surface area contributed by atoms with Crippen LogP contribution in [0.15, 0.2) is 29.8 Å². The highest BCUT2D eigenvalue weighted by Gasteiger charge is 2.34. The number of allylic oxidation sites excluding steroid dienone is 1. The van der Waals surface area contributed by atoms with Crippen molar-refractivity contribution >= 4 is 17.2 Å². The van der Waals surface area contributed by atoms with Crippen molar-refractivity contribution in [2.45, 2.75) is 0 Å². The van der Waals surface area contributed by atoms with E-state index in [0.29, 0.717) is 11.3 Å². The van der Waals surface area contributed by atoms with E-state index >= 15 is 0 Å². The Kier molecular flexibility index (Phi) is 3.09. The van der Waals surface area contributed by atoms with Crippen LogP contribution in [0.25, 0.3) is 5.57 Å². The van der Waals surface area contributed by atoms with E-state index in [1.807, 2.05) is 0 Å². The zero-order valence-electron chi connectivity index (χ0n) is 9.67. The van der Waals surface area contributed by atoms with Gasteiger partial charge in [-0.3, -0.25) is 9.69 Å². The van der Waals surface area contributed by atoms with Gasteiger partial charge in [-0.1, -0.05) is 18.2 Å². The van der Waals surface area contributed by atoms with Gasteiger partial charge in [0.05, 0.1) is 11.3 Å². The average molecular weight is 239 g/mol. The largest absolute Gasteiger partial charge is 0.364 e. The van der Waals surface area contributed by atoms with E-state index in [9.17, 15) is 4.79 Å². The number of ether oxygens (including phenoxy) is 1. The molecule has 0 aliphatic carbocycles. The molecule has 2 rings (SSSR count). The van der Waals surface area contributed by atoms with Crippen LogP contribution in [0.5, 0.6) is 0 Å². The fourth-order valence-electron chi connectivity index (χ4n) is 1.92. The van der Waals surface area contributed by atoms with Gasteiger partial charge in [0.2, 0.25) is 0 Å². The molecule has 5 nitrogen and oxygen atoms in total. The van der Waals surface area contributed by atoms with Crippen LogP contribution in [-0.2, 0) is 9.53 Å². The Hall–Kier alpha value is -2.63. The van der Waals surface area contributed by atoms with Crippen molar-refractivity contribution in [3.8, 4) is 12.1 Å². The number of hydrogen-bond acceptors (Lipinski definition) is 4. The maximum atomic E-state index is 12.2. The lowest BCUT2D eigenvalue weighted by molar-refractivity contribution is -0.113. The Labute approximate surface area is 104 Å².